The van der Waals surface area contributed by atoms with Gasteiger partial charge in [0, 0.05) is 11.6 Å². The molecule has 0 unspecified atom stereocenters. The number of benzene rings is 1. The molecule has 1 heterocycles. The van der Waals surface area contributed by atoms with E-state index in [1.807, 2.05) is 0 Å². The summed E-state index contributed by atoms with van der Waals surface area (Å²) < 4.78 is 0. The lowest BCUT2D eigenvalue weighted by Gasteiger charge is -1.99. The van der Waals surface area contributed by atoms with Crippen LogP contribution in [0.2, 0.25) is 0 Å². The summed E-state index contributed by atoms with van der Waals surface area (Å²) in [6.07, 6.45) is 1.55. The molecule has 2 aromatic rings. The number of nitroso groups, excluding NO2 is 1. The van der Waals surface area contributed by atoms with Gasteiger partial charge in [0.1, 0.15) is 11.3 Å². The highest BCUT2D eigenvalue weighted by Gasteiger charge is 2.07. The summed E-state index contributed by atoms with van der Waals surface area (Å²) in [7, 11) is 0. The first-order valence-electron chi connectivity index (χ1n) is 3.73. The van der Waals surface area contributed by atoms with E-state index in [-0.39, 0.29) is 11.4 Å². The molecule has 1 aromatic heterocycles. The minimum absolute atomic E-state index is 0.00176. The van der Waals surface area contributed by atoms with Crippen molar-refractivity contribution in [1.82, 2.24) is 4.98 Å². The van der Waals surface area contributed by atoms with Crippen LogP contribution in [0.3, 0.4) is 0 Å². The third-order valence-corrected chi connectivity index (χ3v) is 1.82. The SMILES string of the molecule is O=Nc1c(O)ccc2cccnc12. The van der Waals surface area contributed by atoms with E-state index in [0.717, 1.165) is 5.39 Å². The smallest absolute Gasteiger partial charge is 0.175 e. The summed E-state index contributed by atoms with van der Waals surface area (Å²) in [6, 6.07) is 6.68. The largest absolute Gasteiger partial charge is 0.505 e. The molecule has 0 aliphatic heterocycles. The molecule has 4 nitrogen and oxygen atoms in total. The maximum atomic E-state index is 10.4. The highest BCUT2D eigenvalue weighted by Crippen LogP contribution is 2.32. The highest BCUT2D eigenvalue weighted by molar-refractivity contribution is 5.91. The van der Waals surface area contributed by atoms with Crippen molar-refractivity contribution in [2.45, 2.75) is 0 Å². The average molecular weight is 174 g/mol. The van der Waals surface area contributed by atoms with Crippen LogP contribution in [-0.4, -0.2) is 10.1 Å². The Bertz CT molecular complexity index is 468. The van der Waals surface area contributed by atoms with Gasteiger partial charge in [-0.3, -0.25) is 4.98 Å². The van der Waals surface area contributed by atoms with Crippen LogP contribution in [0.1, 0.15) is 0 Å². The molecule has 0 amide bonds. The van der Waals surface area contributed by atoms with Crippen molar-refractivity contribution in [3.63, 3.8) is 0 Å². The molecule has 4 heteroatoms. The van der Waals surface area contributed by atoms with Gasteiger partial charge in [0.2, 0.25) is 0 Å². The molecule has 0 bridgehead atoms. The number of aromatic hydroxyl groups is 1. The zero-order valence-electron chi connectivity index (χ0n) is 6.64. The van der Waals surface area contributed by atoms with Crippen molar-refractivity contribution < 1.29 is 5.11 Å². The molecular weight excluding hydrogens is 168 g/mol. The summed E-state index contributed by atoms with van der Waals surface area (Å²) in [5, 5.41) is 12.8. The van der Waals surface area contributed by atoms with Crippen molar-refractivity contribution in [1.29, 1.82) is 0 Å². The van der Waals surface area contributed by atoms with E-state index >= 15 is 0 Å². The molecule has 0 fully saturated rings. The van der Waals surface area contributed by atoms with Crippen LogP contribution in [0.15, 0.2) is 35.6 Å². The van der Waals surface area contributed by atoms with Gasteiger partial charge < -0.3 is 5.11 Å². The van der Waals surface area contributed by atoms with E-state index in [1.54, 1.807) is 24.4 Å². The molecule has 0 aliphatic rings. The number of fused-ring (bicyclic) bond motifs is 1. The first kappa shape index (κ1) is 7.67. The number of phenols is 1. The molecule has 0 spiro atoms. The predicted molar refractivity (Wildman–Crippen MR) is 48.9 cm³/mol. The van der Waals surface area contributed by atoms with Crippen LogP contribution in [0, 0.1) is 4.91 Å². The van der Waals surface area contributed by atoms with Crippen LogP contribution in [0.25, 0.3) is 10.9 Å². The quantitative estimate of drug-likeness (QED) is 0.675. The minimum atomic E-state index is -0.138. The van der Waals surface area contributed by atoms with E-state index in [1.165, 1.54) is 6.07 Å². The van der Waals surface area contributed by atoms with Gasteiger partial charge in [0.15, 0.2) is 5.69 Å². The van der Waals surface area contributed by atoms with Gasteiger partial charge in [-0.15, -0.1) is 4.91 Å². The Morgan fingerprint density at radius 2 is 2.15 bits per heavy atom. The zero-order chi connectivity index (χ0) is 9.26. The highest BCUT2D eigenvalue weighted by atomic mass is 16.3. The molecule has 1 aromatic carbocycles. The number of nitrogens with zero attached hydrogens (tertiary/aromatic N) is 2. The maximum absolute atomic E-state index is 10.4. The van der Waals surface area contributed by atoms with Gasteiger partial charge >= 0.3 is 0 Å². The zero-order valence-corrected chi connectivity index (χ0v) is 6.64. The molecule has 1 N–H and O–H groups in total. The van der Waals surface area contributed by atoms with Gasteiger partial charge in [-0.25, -0.2) is 0 Å². The van der Waals surface area contributed by atoms with Crippen LogP contribution in [0.4, 0.5) is 5.69 Å². The molecule has 0 saturated carbocycles. The van der Waals surface area contributed by atoms with E-state index in [9.17, 15) is 10.0 Å². The number of rotatable bonds is 1. The Morgan fingerprint density at radius 3 is 2.92 bits per heavy atom. The number of hydrogen-bond acceptors (Lipinski definition) is 4. The molecule has 0 radical (unpaired) electrons. The van der Waals surface area contributed by atoms with Crippen molar-refractivity contribution in [3.8, 4) is 5.75 Å². The minimum Gasteiger partial charge on any atom is -0.505 e. The average Bonchev–Trinajstić information content (AvgIpc) is 2.18. The molecule has 2 rings (SSSR count). The first-order chi connectivity index (χ1) is 6.33. The van der Waals surface area contributed by atoms with E-state index in [4.69, 9.17) is 0 Å². The van der Waals surface area contributed by atoms with Crippen LogP contribution < -0.4 is 0 Å². The summed E-state index contributed by atoms with van der Waals surface area (Å²) in [5.41, 5.74) is 0.426. The van der Waals surface area contributed by atoms with Gasteiger partial charge in [0.25, 0.3) is 0 Å². The number of phenolic OH excluding ortho intramolecular Hbond substituents is 1. The van der Waals surface area contributed by atoms with E-state index < -0.39 is 0 Å². The Hall–Kier alpha value is -1.97. The van der Waals surface area contributed by atoms with Gasteiger partial charge in [-0.2, -0.15) is 0 Å². The molecule has 0 aliphatic carbocycles. The summed E-state index contributed by atoms with van der Waals surface area (Å²) >= 11 is 0. The number of pyridine rings is 1. The second-order valence-corrected chi connectivity index (χ2v) is 2.60. The van der Waals surface area contributed by atoms with Gasteiger partial charge in [-0.1, -0.05) is 6.07 Å². The third kappa shape index (κ3) is 1.12. The second-order valence-electron chi connectivity index (χ2n) is 2.60. The molecule has 0 atom stereocenters. The van der Waals surface area contributed by atoms with Crippen LogP contribution >= 0.6 is 0 Å². The van der Waals surface area contributed by atoms with Crippen LogP contribution in [0.5, 0.6) is 5.75 Å². The third-order valence-electron chi connectivity index (χ3n) is 1.82. The van der Waals surface area contributed by atoms with Crippen LogP contribution in [-0.2, 0) is 0 Å². The van der Waals surface area contributed by atoms with Crippen molar-refractivity contribution >= 4 is 16.6 Å². The van der Waals surface area contributed by atoms with Crippen molar-refractivity contribution in [2.75, 3.05) is 0 Å². The predicted octanol–water partition coefficient (Wildman–Crippen LogP) is 2.34. The Balaban J connectivity index is 2.91. The first-order valence-corrected chi connectivity index (χ1v) is 3.73. The summed E-state index contributed by atoms with van der Waals surface area (Å²) in [4.78, 5) is 14.4. The topological polar surface area (TPSA) is 62.5 Å². The van der Waals surface area contributed by atoms with E-state index in [2.05, 4.69) is 10.2 Å². The normalized spacial score (nSPS) is 10.2. The Labute approximate surface area is 73.8 Å². The molecule has 64 valence electrons. The summed E-state index contributed by atoms with van der Waals surface area (Å²) in [5.74, 6) is -0.138. The summed E-state index contributed by atoms with van der Waals surface area (Å²) in [6.45, 7) is 0. The molecule has 0 saturated heterocycles. The maximum Gasteiger partial charge on any atom is 0.175 e. The van der Waals surface area contributed by atoms with Gasteiger partial charge in [0.05, 0.1) is 0 Å². The van der Waals surface area contributed by atoms with Crippen molar-refractivity contribution in [3.05, 3.63) is 35.4 Å². The lowest BCUT2D eigenvalue weighted by Crippen LogP contribution is -1.78. The lowest BCUT2D eigenvalue weighted by molar-refractivity contribution is 0.477. The molecular formula is C9H6N2O2. The van der Waals surface area contributed by atoms with Crippen molar-refractivity contribution in [2.24, 2.45) is 5.18 Å². The number of aromatic nitrogens is 1. The second kappa shape index (κ2) is 2.82. The van der Waals surface area contributed by atoms with E-state index in [0.29, 0.717) is 5.52 Å². The fraction of sp³-hybridized carbons (Fsp3) is 0. The lowest BCUT2D eigenvalue weighted by atomic mass is 10.2. The fourth-order valence-electron chi connectivity index (χ4n) is 1.21. The Morgan fingerprint density at radius 1 is 1.31 bits per heavy atom. The Kier molecular flexibility index (Phi) is 1.66. The van der Waals surface area contributed by atoms with Gasteiger partial charge in [-0.05, 0) is 23.4 Å². The fourth-order valence-corrected chi connectivity index (χ4v) is 1.21. The standard InChI is InChI=1S/C9H6N2O2/c12-7-4-3-6-2-1-5-10-8(6)9(7)11-13/h1-5,12H. The monoisotopic (exact) mass is 174 g/mol. The molecule has 13 heavy (non-hydrogen) atoms. The number of hydrogen-bond donors (Lipinski definition) is 1.